The van der Waals surface area contributed by atoms with Gasteiger partial charge in [0.1, 0.15) is 12.3 Å². The van der Waals surface area contributed by atoms with Crippen molar-refractivity contribution in [3.8, 4) is 0 Å². The van der Waals surface area contributed by atoms with Crippen LogP contribution in [0.3, 0.4) is 0 Å². The van der Waals surface area contributed by atoms with Crippen molar-refractivity contribution in [1.82, 2.24) is 4.90 Å². The van der Waals surface area contributed by atoms with Crippen LogP contribution >= 0.6 is 0 Å². The molecule has 7 nitrogen and oxygen atoms in total. The Hall–Kier alpha value is -2.29. The number of nitrogens with zero attached hydrogens (tertiary/aromatic N) is 2. The zero-order valence-corrected chi connectivity index (χ0v) is 11.5. The van der Waals surface area contributed by atoms with Crippen LogP contribution in [0, 0.1) is 10.1 Å². The Morgan fingerprint density at radius 1 is 1.48 bits per heavy atom. The maximum absolute atomic E-state index is 13.0. The highest BCUT2D eigenvalue weighted by Gasteiger charge is 2.28. The van der Waals surface area contributed by atoms with Crippen LogP contribution < -0.4 is 5.32 Å². The van der Waals surface area contributed by atoms with Gasteiger partial charge in [0.15, 0.2) is 0 Å². The van der Waals surface area contributed by atoms with Crippen LogP contribution in [0.15, 0.2) is 18.2 Å². The lowest BCUT2D eigenvalue weighted by Crippen LogP contribution is -2.31. The Morgan fingerprint density at radius 2 is 2.10 bits per heavy atom. The number of halogens is 2. The van der Waals surface area contributed by atoms with E-state index in [1.165, 1.54) is 25.1 Å². The van der Waals surface area contributed by atoms with E-state index in [0.29, 0.717) is 0 Å². The number of hydrogen-bond donors (Lipinski definition) is 2. The number of alkyl halides is 2. The molecule has 0 bridgehead atoms. The van der Waals surface area contributed by atoms with Gasteiger partial charge in [0.25, 0.3) is 17.5 Å². The number of anilines is 1. The first-order valence-electron chi connectivity index (χ1n) is 5.90. The molecular formula is C12H15F2N3O4. The molecule has 0 fully saturated rings. The summed E-state index contributed by atoms with van der Waals surface area (Å²) in [6.07, 6.45) is 0. The summed E-state index contributed by atoms with van der Waals surface area (Å²) < 4.78 is 26.0. The van der Waals surface area contributed by atoms with Gasteiger partial charge in [-0.25, -0.2) is 8.78 Å². The lowest BCUT2D eigenvalue weighted by atomic mass is 10.1. The molecule has 0 aliphatic heterocycles. The van der Waals surface area contributed by atoms with E-state index in [2.05, 4.69) is 5.32 Å². The predicted molar refractivity (Wildman–Crippen MR) is 71.6 cm³/mol. The average Bonchev–Trinajstić information content (AvgIpc) is 2.43. The Morgan fingerprint density at radius 3 is 2.57 bits per heavy atom. The molecule has 0 aliphatic rings. The Labute approximate surface area is 119 Å². The number of hydrogen-bond acceptors (Lipinski definition) is 5. The van der Waals surface area contributed by atoms with Crippen LogP contribution in [0.2, 0.25) is 0 Å². The summed E-state index contributed by atoms with van der Waals surface area (Å²) in [4.78, 5) is 23.1. The summed E-state index contributed by atoms with van der Waals surface area (Å²) in [5.74, 6) is -3.84. The number of amides is 1. The summed E-state index contributed by atoms with van der Waals surface area (Å²) in [6.45, 7) is -2.37. The minimum atomic E-state index is -3.42. The lowest BCUT2D eigenvalue weighted by molar-refractivity contribution is -0.384. The quantitative estimate of drug-likeness (QED) is 0.610. The first-order valence-corrected chi connectivity index (χ1v) is 5.90. The first-order chi connectivity index (χ1) is 9.68. The molecule has 0 saturated carbocycles. The monoisotopic (exact) mass is 303 g/mol. The van der Waals surface area contributed by atoms with Gasteiger partial charge < -0.3 is 15.3 Å². The zero-order chi connectivity index (χ0) is 16.2. The van der Waals surface area contributed by atoms with Gasteiger partial charge in [0, 0.05) is 25.7 Å². The Kier molecular flexibility index (Phi) is 5.14. The van der Waals surface area contributed by atoms with E-state index in [9.17, 15) is 23.7 Å². The number of nitrogens with one attached hydrogen (secondary N) is 1. The van der Waals surface area contributed by atoms with Crippen molar-refractivity contribution in [3.05, 3.63) is 33.9 Å². The largest absolute Gasteiger partial charge is 0.390 e. The summed E-state index contributed by atoms with van der Waals surface area (Å²) >= 11 is 0. The van der Waals surface area contributed by atoms with Gasteiger partial charge in [-0.15, -0.1) is 0 Å². The zero-order valence-electron chi connectivity index (χ0n) is 11.5. The van der Waals surface area contributed by atoms with Crippen molar-refractivity contribution in [2.24, 2.45) is 0 Å². The van der Waals surface area contributed by atoms with Crippen LogP contribution in [-0.4, -0.2) is 54.0 Å². The molecule has 0 aliphatic carbocycles. The third kappa shape index (κ3) is 4.35. The minimum absolute atomic E-state index is 0.125. The summed E-state index contributed by atoms with van der Waals surface area (Å²) in [6, 6.07) is 3.44. The fourth-order valence-electron chi connectivity index (χ4n) is 1.51. The molecule has 0 spiro atoms. The van der Waals surface area contributed by atoms with Crippen LogP contribution in [-0.2, 0) is 0 Å². The highest BCUT2D eigenvalue weighted by Crippen LogP contribution is 2.27. The SMILES string of the molecule is CN(C)C(=O)c1ccc([N+](=O)[O-])c(NCC(F)(F)CO)c1. The minimum Gasteiger partial charge on any atom is -0.390 e. The van der Waals surface area contributed by atoms with E-state index in [1.54, 1.807) is 0 Å². The second-order valence-electron chi connectivity index (χ2n) is 4.56. The molecule has 1 rings (SSSR count). The number of carbonyl (C=O) groups excluding carboxylic acids is 1. The van der Waals surface area contributed by atoms with Crippen molar-refractivity contribution in [2.75, 3.05) is 32.6 Å². The highest BCUT2D eigenvalue weighted by atomic mass is 19.3. The van der Waals surface area contributed by atoms with E-state index in [-0.39, 0.29) is 11.3 Å². The Balaban J connectivity index is 3.10. The fraction of sp³-hybridized carbons (Fsp3) is 0.417. The number of nitro groups is 1. The van der Waals surface area contributed by atoms with Crippen molar-refractivity contribution >= 4 is 17.3 Å². The normalized spacial score (nSPS) is 11.1. The number of rotatable bonds is 6. The van der Waals surface area contributed by atoms with Gasteiger partial charge >= 0.3 is 0 Å². The number of aliphatic hydroxyl groups excluding tert-OH is 1. The van der Waals surface area contributed by atoms with Crippen LogP contribution in [0.1, 0.15) is 10.4 Å². The van der Waals surface area contributed by atoms with Crippen molar-refractivity contribution in [2.45, 2.75) is 5.92 Å². The smallest absolute Gasteiger partial charge is 0.292 e. The van der Waals surface area contributed by atoms with Gasteiger partial charge in [0.05, 0.1) is 11.5 Å². The lowest BCUT2D eigenvalue weighted by Gasteiger charge is -2.16. The van der Waals surface area contributed by atoms with Gasteiger partial charge in [-0.3, -0.25) is 14.9 Å². The topological polar surface area (TPSA) is 95.7 Å². The number of aliphatic hydroxyl groups is 1. The summed E-state index contributed by atoms with van der Waals surface area (Å²) in [7, 11) is 2.99. The van der Waals surface area contributed by atoms with Gasteiger partial charge in [0.2, 0.25) is 0 Å². The molecular weight excluding hydrogens is 288 g/mol. The number of benzene rings is 1. The summed E-state index contributed by atoms with van der Waals surface area (Å²) in [5, 5.41) is 21.5. The molecule has 1 aromatic rings. The molecule has 0 heterocycles. The molecule has 1 amide bonds. The van der Waals surface area contributed by atoms with E-state index in [0.717, 1.165) is 12.1 Å². The standard InChI is InChI=1S/C12H15F2N3O4/c1-16(2)11(19)8-3-4-10(17(20)21)9(5-8)15-6-12(13,14)7-18/h3-5,15,18H,6-7H2,1-2H3. The molecule has 0 radical (unpaired) electrons. The molecule has 0 saturated heterocycles. The second-order valence-corrected chi connectivity index (χ2v) is 4.56. The molecule has 1 aromatic carbocycles. The van der Waals surface area contributed by atoms with Crippen molar-refractivity contribution in [3.63, 3.8) is 0 Å². The van der Waals surface area contributed by atoms with Crippen LogP contribution in [0.25, 0.3) is 0 Å². The molecule has 0 aromatic heterocycles. The molecule has 0 atom stereocenters. The number of nitro benzene ring substituents is 1. The maximum atomic E-state index is 13.0. The van der Waals surface area contributed by atoms with Gasteiger partial charge in [-0.05, 0) is 12.1 Å². The summed E-state index contributed by atoms with van der Waals surface area (Å²) in [5.41, 5.74) is -0.514. The van der Waals surface area contributed by atoms with Crippen molar-refractivity contribution in [1.29, 1.82) is 0 Å². The molecule has 9 heteroatoms. The highest BCUT2D eigenvalue weighted by molar-refractivity contribution is 5.95. The third-order valence-electron chi connectivity index (χ3n) is 2.62. The maximum Gasteiger partial charge on any atom is 0.292 e. The number of carbonyl (C=O) groups is 1. The first kappa shape index (κ1) is 16.8. The van der Waals surface area contributed by atoms with Gasteiger partial charge in [-0.2, -0.15) is 0 Å². The van der Waals surface area contributed by atoms with E-state index in [4.69, 9.17) is 5.11 Å². The van der Waals surface area contributed by atoms with E-state index < -0.39 is 35.6 Å². The third-order valence-corrected chi connectivity index (χ3v) is 2.62. The van der Waals surface area contributed by atoms with Crippen LogP contribution in [0.4, 0.5) is 20.2 Å². The van der Waals surface area contributed by atoms with E-state index in [1.807, 2.05) is 0 Å². The predicted octanol–water partition coefficient (Wildman–Crippen LogP) is 1.34. The Bertz CT molecular complexity index is 549. The average molecular weight is 303 g/mol. The molecule has 21 heavy (non-hydrogen) atoms. The van der Waals surface area contributed by atoms with Crippen LogP contribution in [0.5, 0.6) is 0 Å². The molecule has 0 unspecified atom stereocenters. The molecule has 2 N–H and O–H groups in total. The second kappa shape index (κ2) is 6.44. The van der Waals surface area contributed by atoms with E-state index >= 15 is 0 Å². The van der Waals surface area contributed by atoms with Crippen molar-refractivity contribution < 1.29 is 23.6 Å². The molecule has 116 valence electrons. The van der Waals surface area contributed by atoms with Gasteiger partial charge in [-0.1, -0.05) is 0 Å². The fourth-order valence-corrected chi connectivity index (χ4v) is 1.51.